The first-order chi connectivity index (χ1) is 9.18. The van der Waals surface area contributed by atoms with Crippen molar-refractivity contribution < 1.29 is 4.79 Å². The summed E-state index contributed by atoms with van der Waals surface area (Å²) in [7, 11) is 2.05. The molecule has 0 saturated heterocycles. The third kappa shape index (κ3) is 3.73. The van der Waals surface area contributed by atoms with E-state index >= 15 is 0 Å². The van der Waals surface area contributed by atoms with Gasteiger partial charge in [-0.2, -0.15) is 8.75 Å². The molecule has 1 aromatic rings. The number of allylic oxidation sites excluding steroid dienone is 2. The van der Waals surface area contributed by atoms with Gasteiger partial charge in [-0.05, 0) is 38.5 Å². The van der Waals surface area contributed by atoms with E-state index in [-0.39, 0.29) is 11.8 Å². The summed E-state index contributed by atoms with van der Waals surface area (Å²) < 4.78 is 8.84. The van der Waals surface area contributed by atoms with Crippen LogP contribution in [0.25, 0.3) is 0 Å². The third-order valence-electron chi connectivity index (χ3n) is 3.22. The van der Waals surface area contributed by atoms with E-state index < -0.39 is 0 Å². The Kier molecular flexibility index (Phi) is 4.85. The van der Waals surface area contributed by atoms with E-state index in [0.717, 1.165) is 30.7 Å². The minimum atomic E-state index is 0.187. The van der Waals surface area contributed by atoms with Gasteiger partial charge in [0.1, 0.15) is 11.5 Å². The van der Waals surface area contributed by atoms with Crippen LogP contribution in [0.5, 0.6) is 0 Å². The van der Waals surface area contributed by atoms with E-state index in [1.807, 2.05) is 25.4 Å². The van der Waals surface area contributed by atoms with Crippen molar-refractivity contribution in [3.63, 3.8) is 0 Å². The molecule has 0 bridgehead atoms. The Bertz CT molecular complexity index is 493. The number of aromatic nitrogens is 2. The van der Waals surface area contributed by atoms with Gasteiger partial charge < -0.3 is 9.69 Å². The quantitative estimate of drug-likeness (QED) is 0.750. The molecule has 102 valence electrons. The number of carbonyl (C=O) groups excluding carboxylic acids is 1. The highest BCUT2D eigenvalue weighted by molar-refractivity contribution is 6.99. The van der Waals surface area contributed by atoms with Gasteiger partial charge in [-0.1, -0.05) is 12.2 Å². The molecular formula is C14H19N3OS. The molecule has 0 N–H and O–H groups in total. The fraction of sp³-hybridized carbons (Fsp3) is 0.500. The predicted octanol–water partition coefficient (Wildman–Crippen LogP) is 2.90. The Hall–Kier alpha value is -1.49. The first-order valence-corrected chi connectivity index (χ1v) is 7.29. The van der Waals surface area contributed by atoms with Gasteiger partial charge in [0.2, 0.25) is 0 Å². The summed E-state index contributed by atoms with van der Waals surface area (Å²) in [6.07, 6.45) is 11.7. The molecule has 1 aliphatic rings. The van der Waals surface area contributed by atoms with Crippen LogP contribution in [0.4, 0.5) is 0 Å². The summed E-state index contributed by atoms with van der Waals surface area (Å²) in [5.41, 5.74) is 2.13. The van der Waals surface area contributed by atoms with Gasteiger partial charge in [-0.25, -0.2) is 0 Å². The summed E-state index contributed by atoms with van der Waals surface area (Å²) in [4.78, 5) is 13.0. The Morgan fingerprint density at radius 2 is 2.21 bits per heavy atom. The van der Waals surface area contributed by atoms with Gasteiger partial charge in [0.25, 0.3) is 0 Å². The molecule has 1 unspecified atom stereocenters. The molecule has 0 saturated carbocycles. The number of ketones is 1. The van der Waals surface area contributed by atoms with E-state index in [4.69, 9.17) is 0 Å². The van der Waals surface area contributed by atoms with Crippen LogP contribution in [0.2, 0.25) is 0 Å². The first kappa shape index (κ1) is 13.9. The molecule has 0 fully saturated rings. The number of Topliss-reactive ketones (excluding diaryl/α,β-unsaturated/α-hetero) is 1. The minimum Gasteiger partial charge on any atom is -0.368 e. The highest BCUT2D eigenvalue weighted by Gasteiger charge is 2.20. The number of nitrogens with zero attached hydrogens (tertiary/aromatic N) is 3. The number of unbranched alkanes of at least 4 members (excludes halogenated alkanes) is 1. The van der Waals surface area contributed by atoms with Crippen molar-refractivity contribution in [3.8, 4) is 0 Å². The maximum Gasteiger partial charge on any atom is 0.129 e. The van der Waals surface area contributed by atoms with Crippen LogP contribution in [0.3, 0.4) is 0 Å². The topological polar surface area (TPSA) is 46.1 Å². The first-order valence-electron chi connectivity index (χ1n) is 6.56. The van der Waals surface area contributed by atoms with Crippen molar-refractivity contribution in [1.82, 2.24) is 13.6 Å². The summed E-state index contributed by atoms with van der Waals surface area (Å²) in [6, 6.07) is 0.187. The number of aryl methyl sites for hydroxylation is 1. The summed E-state index contributed by atoms with van der Waals surface area (Å²) >= 11 is 1.27. The molecule has 1 aromatic heterocycles. The number of hydrogen-bond donors (Lipinski definition) is 0. The Balaban J connectivity index is 1.96. The standard InChI is InChI=1S/C14H19N3OS/c1-11(18)7-3-4-8-12-14(16-19-15-12)13-9-5-6-10-17(13)2/h5-6,9-10,13H,3-4,7-8H2,1-2H3. The number of likely N-dealkylation sites (N-methyl/N-ethyl adjacent to an activating group) is 1. The molecule has 0 aromatic carbocycles. The van der Waals surface area contributed by atoms with Crippen LogP contribution in [0.15, 0.2) is 24.4 Å². The summed E-state index contributed by atoms with van der Waals surface area (Å²) in [5, 5.41) is 0. The van der Waals surface area contributed by atoms with E-state index in [2.05, 4.69) is 19.7 Å². The highest BCUT2D eigenvalue weighted by atomic mass is 32.1. The van der Waals surface area contributed by atoms with Crippen molar-refractivity contribution in [2.75, 3.05) is 7.05 Å². The highest BCUT2D eigenvalue weighted by Crippen LogP contribution is 2.26. The van der Waals surface area contributed by atoms with Crippen molar-refractivity contribution in [2.24, 2.45) is 0 Å². The van der Waals surface area contributed by atoms with E-state index in [9.17, 15) is 4.79 Å². The molecule has 2 heterocycles. The van der Waals surface area contributed by atoms with E-state index in [0.29, 0.717) is 6.42 Å². The number of rotatable bonds is 6. The Morgan fingerprint density at radius 3 is 2.95 bits per heavy atom. The van der Waals surface area contributed by atoms with Crippen LogP contribution in [-0.2, 0) is 11.2 Å². The smallest absolute Gasteiger partial charge is 0.129 e. The van der Waals surface area contributed by atoms with Gasteiger partial charge in [0, 0.05) is 13.5 Å². The molecule has 2 rings (SSSR count). The van der Waals surface area contributed by atoms with E-state index in [1.54, 1.807) is 6.92 Å². The lowest BCUT2D eigenvalue weighted by Crippen LogP contribution is -2.20. The molecule has 19 heavy (non-hydrogen) atoms. The van der Waals surface area contributed by atoms with Crippen molar-refractivity contribution in [1.29, 1.82) is 0 Å². The number of hydrogen-bond acceptors (Lipinski definition) is 5. The zero-order valence-corrected chi connectivity index (χ0v) is 12.2. The molecule has 0 aliphatic carbocycles. The molecule has 0 amide bonds. The van der Waals surface area contributed by atoms with Gasteiger partial charge in [-0.3, -0.25) is 0 Å². The molecule has 1 aliphatic heterocycles. The third-order valence-corrected chi connectivity index (χ3v) is 3.80. The molecule has 5 heteroatoms. The maximum atomic E-state index is 10.9. The second-order valence-corrected chi connectivity index (χ2v) is 5.37. The average molecular weight is 277 g/mol. The Morgan fingerprint density at radius 1 is 1.37 bits per heavy atom. The van der Waals surface area contributed by atoms with Gasteiger partial charge in [0.15, 0.2) is 0 Å². The van der Waals surface area contributed by atoms with Crippen LogP contribution in [0.1, 0.15) is 43.6 Å². The molecule has 0 spiro atoms. The zero-order valence-electron chi connectivity index (χ0n) is 11.4. The lowest BCUT2D eigenvalue weighted by Gasteiger charge is -2.25. The van der Waals surface area contributed by atoms with Crippen molar-refractivity contribution in [3.05, 3.63) is 35.8 Å². The second kappa shape index (κ2) is 6.61. The minimum absolute atomic E-state index is 0.187. The molecular weight excluding hydrogens is 258 g/mol. The SMILES string of the molecule is CC(=O)CCCCc1nsnc1C1C=CC=CN1C. The van der Waals surface area contributed by atoms with E-state index in [1.165, 1.54) is 11.7 Å². The lowest BCUT2D eigenvalue weighted by atomic mass is 10.0. The monoisotopic (exact) mass is 277 g/mol. The van der Waals surface area contributed by atoms with Gasteiger partial charge in [0.05, 0.1) is 23.5 Å². The fourth-order valence-electron chi connectivity index (χ4n) is 2.15. The van der Waals surface area contributed by atoms with Crippen LogP contribution >= 0.6 is 11.7 Å². The molecule has 0 radical (unpaired) electrons. The summed E-state index contributed by atoms with van der Waals surface area (Å²) in [6.45, 7) is 1.64. The lowest BCUT2D eigenvalue weighted by molar-refractivity contribution is -0.117. The largest absolute Gasteiger partial charge is 0.368 e. The van der Waals surface area contributed by atoms with Crippen LogP contribution in [-0.4, -0.2) is 26.5 Å². The average Bonchev–Trinajstić information content (AvgIpc) is 2.83. The number of carbonyl (C=O) groups is 1. The Labute approximate surface area is 118 Å². The predicted molar refractivity (Wildman–Crippen MR) is 76.9 cm³/mol. The molecule has 1 atom stereocenters. The van der Waals surface area contributed by atoms with Crippen LogP contribution in [0, 0.1) is 0 Å². The zero-order chi connectivity index (χ0) is 13.7. The summed E-state index contributed by atoms with van der Waals surface area (Å²) in [5.74, 6) is 0.261. The normalized spacial score (nSPS) is 18.0. The van der Waals surface area contributed by atoms with Gasteiger partial charge >= 0.3 is 0 Å². The second-order valence-electron chi connectivity index (χ2n) is 4.84. The molecule has 4 nitrogen and oxygen atoms in total. The van der Waals surface area contributed by atoms with Crippen LogP contribution < -0.4 is 0 Å². The maximum absolute atomic E-state index is 10.9. The van der Waals surface area contributed by atoms with Crippen molar-refractivity contribution in [2.45, 2.75) is 38.6 Å². The van der Waals surface area contributed by atoms with Gasteiger partial charge in [-0.15, -0.1) is 0 Å². The van der Waals surface area contributed by atoms with Crippen molar-refractivity contribution >= 4 is 17.5 Å². The fourth-order valence-corrected chi connectivity index (χ4v) is 2.77.